The van der Waals surface area contributed by atoms with Crippen LogP contribution in [0.3, 0.4) is 0 Å². The van der Waals surface area contributed by atoms with Gasteiger partial charge in [-0.15, -0.1) is 11.8 Å². The smallest absolute Gasteiger partial charge is 0.262 e. The zero-order chi connectivity index (χ0) is 17.1. The average molecular weight is 383 g/mol. The van der Waals surface area contributed by atoms with Gasteiger partial charge in [0.2, 0.25) is 5.91 Å². The Bertz CT molecular complexity index is 814. The highest BCUT2D eigenvalue weighted by atomic mass is 35.5. The summed E-state index contributed by atoms with van der Waals surface area (Å²) in [5.74, 6) is 0.337. The molecule has 2 aromatic rings. The maximum absolute atomic E-state index is 12.1. The third-order valence-corrected chi connectivity index (χ3v) is 4.88. The summed E-state index contributed by atoms with van der Waals surface area (Å²) in [6.45, 7) is -0.00423. The van der Waals surface area contributed by atoms with Crippen molar-refractivity contribution in [3.8, 4) is 5.75 Å². The molecule has 0 fully saturated rings. The molecule has 0 atom stereocenters. The zero-order valence-corrected chi connectivity index (χ0v) is 14.6. The number of nitrogens with one attached hydrogen (secondary N) is 2. The number of carbonyl (C=O) groups is 2. The van der Waals surface area contributed by atoms with E-state index < -0.39 is 0 Å². The first-order valence-electron chi connectivity index (χ1n) is 6.95. The first kappa shape index (κ1) is 17.0. The molecule has 1 aliphatic heterocycles. The molecule has 0 saturated carbocycles. The number of amides is 2. The molecule has 24 heavy (non-hydrogen) atoms. The summed E-state index contributed by atoms with van der Waals surface area (Å²) >= 11 is 13.3. The van der Waals surface area contributed by atoms with Gasteiger partial charge in [-0.3, -0.25) is 9.59 Å². The lowest BCUT2D eigenvalue weighted by molar-refractivity contribution is -0.118. The van der Waals surface area contributed by atoms with Crippen molar-refractivity contribution in [3.63, 3.8) is 0 Å². The lowest BCUT2D eigenvalue weighted by atomic mass is 10.2. The van der Waals surface area contributed by atoms with E-state index in [2.05, 4.69) is 10.6 Å². The molecule has 3 rings (SSSR count). The molecule has 0 spiro atoms. The quantitative estimate of drug-likeness (QED) is 0.782. The van der Waals surface area contributed by atoms with Crippen LogP contribution in [0.2, 0.25) is 10.0 Å². The van der Waals surface area contributed by atoms with Gasteiger partial charge in [0, 0.05) is 15.6 Å². The molecule has 124 valence electrons. The fourth-order valence-corrected chi connectivity index (χ4v) is 3.38. The molecule has 1 heterocycles. The molecule has 0 aliphatic carbocycles. The summed E-state index contributed by atoms with van der Waals surface area (Å²) in [6.07, 6.45) is 0. The molecule has 8 heteroatoms. The van der Waals surface area contributed by atoms with Gasteiger partial charge in [0.1, 0.15) is 5.75 Å². The minimum atomic E-state index is -0.225. The largest absolute Gasteiger partial charge is 0.482 e. The van der Waals surface area contributed by atoms with Crippen molar-refractivity contribution in [3.05, 3.63) is 46.4 Å². The summed E-state index contributed by atoms with van der Waals surface area (Å²) < 4.78 is 5.27. The molecule has 0 radical (unpaired) electrons. The second-order valence-corrected chi connectivity index (χ2v) is 6.82. The van der Waals surface area contributed by atoms with Gasteiger partial charge >= 0.3 is 0 Å². The van der Waals surface area contributed by atoms with E-state index in [1.54, 1.807) is 36.4 Å². The van der Waals surface area contributed by atoms with E-state index in [9.17, 15) is 9.59 Å². The first-order valence-corrected chi connectivity index (χ1v) is 8.70. The lowest BCUT2D eigenvalue weighted by Gasteiger charge is -2.18. The maximum atomic E-state index is 12.1. The van der Waals surface area contributed by atoms with Gasteiger partial charge in [-0.1, -0.05) is 23.2 Å². The Balaban J connectivity index is 1.62. The highest BCUT2D eigenvalue weighted by Crippen LogP contribution is 2.32. The Morgan fingerprint density at radius 1 is 1.25 bits per heavy atom. The van der Waals surface area contributed by atoms with Crippen LogP contribution in [0.15, 0.2) is 41.3 Å². The number of rotatable bonds is 4. The Morgan fingerprint density at radius 3 is 2.92 bits per heavy atom. The van der Waals surface area contributed by atoms with Crippen molar-refractivity contribution in [1.82, 2.24) is 0 Å². The molecule has 1 aliphatic rings. The Hall–Kier alpha value is -1.89. The predicted molar refractivity (Wildman–Crippen MR) is 96.4 cm³/mol. The molecular weight excluding hydrogens is 371 g/mol. The monoisotopic (exact) mass is 382 g/mol. The Kier molecular flexibility index (Phi) is 5.18. The number of carbonyl (C=O) groups excluding carboxylic acids is 2. The van der Waals surface area contributed by atoms with Crippen molar-refractivity contribution >= 4 is 58.2 Å². The lowest BCUT2D eigenvalue weighted by Crippen LogP contribution is -2.25. The zero-order valence-electron chi connectivity index (χ0n) is 12.3. The normalized spacial score (nSPS) is 12.8. The number of thioether (sulfide) groups is 1. The fraction of sp³-hybridized carbons (Fsp3) is 0.125. The van der Waals surface area contributed by atoms with E-state index in [0.717, 1.165) is 4.90 Å². The van der Waals surface area contributed by atoms with Gasteiger partial charge in [-0.2, -0.15) is 0 Å². The second-order valence-electron chi connectivity index (χ2n) is 4.96. The van der Waals surface area contributed by atoms with Gasteiger partial charge in [0.25, 0.3) is 5.91 Å². The van der Waals surface area contributed by atoms with Crippen LogP contribution in [-0.4, -0.2) is 24.2 Å². The van der Waals surface area contributed by atoms with Crippen LogP contribution in [0.4, 0.5) is 11.4 Å². The minimum absolute atomic E-state index is 0.00423. The SMILES string of the molecule is O=C(CSc1cc(Cl)ccc1Cl)Nc1ccc2c(c1)NC(=O)CO2. The van der Waals surface area contributed by atoms with Crippen molar-refractivity contribution in [2.24, 2.45) is 0 Å². The Morgan fingerprint density at radius 2 is 2.08 bits per heavy atom. The van der Waals surface area contributed by atoms with Gasteiger partial charge in [0.05, 0.1) is 16.5 Å². The summed E-state index contributed by atoms with van der Waals surface area (Å²) in [5, 5.41) is 6.57. The van der Waals surface area contributed by atoms with Crippen LogP contribution in [-0.2, 0) is 9.59 Å². The highest BCUT2D eigenvalue weighted by molar-refractivity contribution is 8.00. The number of fused-ring (bicyclic) bond motifs is 1. The first-order chi connectivity index (χ1) is 11.5. The van der Waals surface area contributed by atoms with E-state index >= 15 is 0 Å². The van der Waals surface area contributed by atoms with E-state index in [4.69, 9.17) is 27.9 Å². The second kappa shape index (κ2) is 7.34. The number of anilines is 2. The van der Waals surface area contributed by atoms with E-state index in [1.165, 1.54) is 11.8 Å². The highest BCUT2D eigenvalue weighted by Gasteiger charge is 2.16. The van der Waals surface area contributed by atoms with E-state index in [-0.39, 0.29) is 24.2 Å². The molecule has 0 aromatic heterocycles. The number of halogens is 2. The van der Waals surface area contributed by atoms with Crippen molar-refractivity contribution in [2.75, 3.05) is 23.0 Å². The summed E-state index contributed by atoms with van der Waals surface area (Å²) in [7, 11) is 0. The van der Waals surface area contributed by atoms with E-state index in [1.807, 2.05) is 0 Å². The number of ether oxygens (including phenoxy) is 1. The predicted octanol–water partition coefficient (Wildman–Crippen LogP) is 4.06. The summed E-state index contributed by atoms with van der Waals surface area (Å²) in [4.78, 5) is 24.2. The van der Waals surface area contributed by atoms with Crippen LogP contribution >= 0.6 is 35.0 Å². The number of benzene rings is 2. The third kappa shape index (κ3) is 4.14. The van der Waals surface area contributed by atoms with Crippen LogP contribution in [0.1, 0.15) is 0 Å². The fourth-order valence-electron chi connectivity index (χ4n) is 2.09. The Labute approximate surface area is 152 Å². The molecule has 2 amide bonds. The molecule has 5 nitrogen and oxygen atoms in total. The van der Waals surface area contributed by atoms with Gasteiger partial charge in [0.15, 0.2) is 6.61 Å². The van der Waals surface area contributed by atoms with Crippen molar-refractivity contribution < 1.29 is 14.3 Å². The molecule has 0 unspecified atom stereocenters. The summed E-state index contributed by atoms with van der Waals surface area (Å²) in [5.41, 5.74) is 1.11. The average Bonchev–Trinajstić information content (AvgIpc) is 2.55. The van der Waals surface area contributed by atoms with Crippen LogP contribution in [0, 0.1) is 0 Å². The van der Waals surface area contributed by atoms with Crippen LogP contribution in [0.25, 0.3) is 0 Å². The van der Waals surface area contributed by atoms with Crippen molar-refractivity contribution in [2.45, 2.75) is 4.90 Å². The molecule has 2 aromatic carbocycles. The van der Waals surface area contributed by atoms with Gasteiger partial charge in [-0.05, 0) is 36.4 Å². The minimum Gasteiger partial charge on any atom is -0.482 e. The standard InChI is InChI=1S/C16H12Cl2N2O3S/c17-9-1-3-11(18)14(5-9)24-8-16(22)19-10-2-4-13-12(6-10)20-15(21)7-23-13/h1-6H,7-8H2,(H,19,22)(H,20,21). The maximum Gasteiger partial charge on any atom is 0.262 e. The molecule has 2 N–H and O–H groups in total. The van der Waals surface area contributed by atoms with Crippen LogP contribution in [0.5, 0.6) is 5.75 Å². The molecule has 0 bridgehead atoms. The molecule has 0 saturated heterocycles. The molecular formula is C16H12Cl2N2O3S. The number of hydrogen-bond donors (Lipinski definition) is 2. The third-order valence-electron chi connectivity index (χ3n) is 3.15. The number of hydrogen-bond acceptors (Lipinski definition) is 4. The van der Waals surface area contributed by atoms with Crippen LogP contribution < -0.4 is 15.4 Å². The van der Waals surface area contributed by atoms with Gasteiger partial charge < -0.3 is 15.4 Å². The van der Waals surface area contributed by atoms with Gasteiger partial charge in [-0.25, -0.2) is 0 Å². The topological polar surface area (TPSA) is 67.4 Å². The van der Waals surface area contributed by atoms with E-state index in [0.29, 0.717) is 27.2 Å². The summed E-state index contributed by atoms with van der Waals surface area (Å²) in [6, 6.07) is 10.2. The van der Waals surface area contributed by atoms with Crippen molar-refractivity contribution in [1.29, 1.82) is 0 Å².